The molecular formula is C67H88N10O10. The van der Waals surface area contributed by atoms with Crippen LogP contribution in [0.15, 0.2) is 146 Å². The van der Waals surface area contributed by atoms with Crippen LogP contribution in [0.1, 0.15) is 116 Å². The fraction of sp³-hybridized carbons (Fsp3) is 0.448. The van der Waals surface area contributed by atoms with Crippen LogP contribution in [0.4, 0.5) is 0 Å². The number of amides is 7. The molecule has 2 saturated heterocycles. The molecule has 7 amide bonds. The minimum Gasteiger partial charge on any atom is -0.376 e. The van der Waals surface area contributed by atoms with Crippen molar-refractivity contribution < 1.29 is 48.1 Å². The van der Waals surface area contributed by atoms with Crippen LogP contribution in [0.2, 0.25) is 0 Å². The van der Waals surface area contributed by atoms with Gasteiger partial charge >= 0.3 is 0 Å². The van der Waals surface area contributed by atoms with E-state index in [2.05, 4.69) is 42.5 Å². The molecule has 0 bridgehead atoms. The lowest BCUT2D eigenvalue weighted by Crippen LogP contribution is -2.62. The smallest absolute Gasteiger partial charge is 0.251 e. The minimum absolute atomic E-state index is 0.0345. The van der Waals surface area contributed by atoms with Gasteiger partial charge in [0.05, 0.1) is 63.2 Å². The summed E-state index contributed by atoms with van der Waals surface area (Å²) in [6, 6.07) is 37.2. The molecule has 7 rings (SSSR count). The van der Waals surface area contributed by atoms with E-state index in [0.717, 1.165) is 22.3 Å². The van der Waals surface area contributed by atoms with Gasteiger partial charge < -0.3 is 62.0 Å². The lowest BCUT2D eigenvalue weighted by Gasteiger charge is -2.41. The first-order valence-corrected chi connectivity index (χ1v) is 29.9. The molecule has 20 nitrogen and oxygen atoms in total. The lowest BCUT2D eigenvalue weighted by molar-refractivity contribution is -0.144. The number of benzene rings is 5. The molecule has 0 radical (unpaired) electrons. The maximum absolute atomic E-state index is 14.8. The maximum Gasteiger partial charge on any atom is 0.251 e. The van der Waals surface area contributed by atoms with Crippen molar-refractivity contribution in [3.8, 4) is 0 Å². The molecule has 2 heterocycles. The van der Waals surface area contributed by atoms with Gasteiger partial charge in [-0.2, -0.15) is 0 Å². The van der Waals surface area contributed by atoms with Crippen LogP contribution < -0.4 is 42.5 Å². The second-order valence-electron chi connectivity index (χ2n) is 24.7. The topological polar surface area (TPSA) is 261 Å². The zero-order valence-corrected chi connectivity index (χ0v) is 51.5. The van der Waals surface area contributed by atoms with Gasteiger partial charge in [-0.15, -0.1) is 0 Å². The molecule has 10 atom stereocenters. The van der Waals surface area contributed by atoms with Crippen LogP contribution in [-0.2, 0) is 46.7 Å². The monoisotopic (exact) mass is 1190 g/mol. The molecule has 2 aliphatic heterocycles. The number of nitrogens with one attached hydrogen (secondary N) is 8. The summed E-state index contributed by atoms with van der Waals surface area (Å²) in [5.41, 5.74) is 2.50. The summed E-state index contributed by atoms with van der Waals surface area (Å²) in [4.78, 5) is 102. The standard InChI is InChI=1S/C67H88N10O10/c1-43(69-9)59(79)75-58(67(5,6)7)65(85)77-38-51(35-55(77)63(83)73-53(47-28-20-13-21-29-47)42-87-40-45-24-16-11-17-25-45)71-61(81)49-32-30-48(31-33-49)60(80)70-50-34-54(76(37-50)64(84)57(66(2,3)4)74-56(78)36-68-8)62(82)72-52(46-26-18-12-19-27-46)41-86-39-44-22-14-10-15-23-44/h10-33,43,50-55,57-58,65,68-69,85H,34-42H2,1-9H3,(H,70,80)(H,71,81)(H,72,82)(H,73,83)(H,74,78)(H,75,79)/t43-,50-,51-,52+,53+,54-,55-,57+,58+,65?/m0/s1. The van der Waals surface area contributed by atoms with Crippen molar-refractivity contribution in [2.75, 3.05) is 46.9 Å². The number of ether oxygens (including phenoxy) is 2. The molecule has 20 heteroatoms. The molecule has 466 valence electrons. The molecule has 0 spiro atoms. The van der Waals surface area contributed by atoms with Crippen molar-refractivity contribution in [2.24, 2.45) is 10.8 Å². The third kappa shape index (κ3) is 18.8. The van der Waals surface area contributed by atoms with Crippen LogP contribution in [0, 0.1) is 10.8 Å². The molecule has 87 heavy (non-hydrogen) atoms. The number of likely N-dealkylation sites (tertiary alicyclic amines) is 2. The Balaban J connectivity index is 1.07. The Hall–Kier alpha value is -7.85. The highest BCUT2D eigenvalue weighted by Crippen LogP contribution is 2.31. The molecule has 9 N–H and O–H groups in total. The van der Waals surface area contributed by atoms with E-state index < -0.39 is 107 Å². The number of likely N-dealkylation sites (N-methyl/N-ethyl adjacent to an activating group) is 2. The summed E-state index contributed by atoms with van der Waals surface area (Å²) in [5.74, 6) is -3.09. The highest BCUT2D eigenvalue weighted by atomic mass is 16.5. The molecule has 2 fully saturated rings. The summed E-state index contributed by atoms with van der Waals surface area (Å²) in [6.45, 7) is 13.7. The maximum atomic E-state index is 14.8. The number of aliphatic hydroxyl groups is 1. The summed E-state index contributed by atoms with van der Waals surface area (Å²) >= 11 is 0. The van der Waals surface area contributed by atoms with E-state index in [1.807, 2.05) is 163 Å². The molecule has 0 aliphatic carbocycles. The van der Waals surface area contributed by atoms with E-state index in [1.165, 1.54) is 29.2 Å². The first kappa shape index (κ1) is 66.7. The van der Waals surface area contributed by atoms with Gasteiger partial charge in [-0.25, -0.2) is 0 Å². The summed E-state index contributed by atoms with van der Waals surface area (Å²) in [5, 5.41) is 36.4. The van der Waals surface area contributed by atoms with Gasteiger partial charge in [-0.3, -0.25) is 38.5 Å². The van der Waals surface area contributed by atoms with Gasteiger partial charge in [0.2, 0.25) is 29.5 Å². The first-order valence-electron chi connectivity index (χ1n) is 29.9. The van der Waals surface area contributed by atoms with Crippen LogP contribution in [0.25, 0.3) is 0 Å². The predicted octanol–water partition coefficient (Wildman–Crippen LogP) is 4.91. The Bertz CT molecular complexity index is 3060. The number of carbonyl (C=O) groups is 7. The number of carbonyl (C=O) groups excluding carboxylic acids is 7. The molecule has 0 saturated carbocycles. The molecule has 5 aromatic rings. The Labute approximate surface area is 511 Å². The molecule has 2 aliphatic rings. The third-order valence-corrected chi connectivity index (χ3v) is 15.9. The quantitative estimate of drug-likeness (QED) is 0.0339. The summed E-state index contributed by atoms with van der Waals surface area (Å²) < 4.78 is 12.3. The zero-order valence-electron chi connectivity index (χ0n) is 51.5. The van der Waals surface area contributed by atoms with Crippen molar-refractivity contribution in [1.29, 1.82) is 0 Å². The second kappa shape index (κ2) is 31.2. The van der Waals surface area contributed by atoms with Crippen LogP contribution in [0.3, 0.4) is 0 Å². The summed E-state index contributed by atoms with van der Waals surface area (Å²) in [6.07, 6.45) is -1.21. The van der Waals surface area contributed by atoms with Crippen molar-refractivity contribution in [2.45, 2.75) is 135 Å². The van der Waals surface area contributed by atoms with Crippen molar-refractivity contribution in [1.82, 2.24) is 52.3 Å². The number of rotatable bonds is 27. The minimum atomic E-state index is -1.37. The highest BCUT2D eigenvalue weighted by Gasteiger charge is 2.48. The van der Waals surface area contributed by atoms with E-state index in [4.69, 9.17) is 9.47 Å². The van der Waals surface area contributed by atoms with Gasteiger partial charge in [0.1, 0.15) is 18.3 Å². The number of aliphatic hydroxyl groups excluding tert-OH is 1. The van der Waals surface area contributed by atoms with Crippen molar-refractivity contribution in [3.05, 3.63) is 179 Å². The normalized spacial score (nSPS) is 19.1. The Kier molecular flexibility index (Phi) is 23.9. The predicted molar refractivity (Wildman–Crippen MR) is 332 cm³/mol. The van der Waals surface area contributed by atoms with Gasteiger partial charge in [0, 0.05) is 36.3 Å². The molecule has 1 unspecified atom stereocenters. The van der Waals surface area contributed by atoms with E-state index in [9.17, 15) is 38.7 Å². The Morgan fingerprint density at radius 1 is 0.563 bits per heavy atom. The molecule has 0 aromatic heterocycles. The third-order valence-electron chi connectivity index (χ3n) is 15.9. The van der Waals surface area contributed by atoms with Crippen LogP contribution in [0.5, 0.6) is 0 Å². The van der Waals surface area contributed by atoms with E-state index in [-0.39, 0.29) is 62.7 Å². The zero-order chi connectivity index (χ0) is 62.8. The SMILES string of the molecule is CNCC(=O)N[C@H](C(=O)N1C[C@@H](NC(=O)c2ccc(C(=O)N[C@H]3C[C@@H](C(=O)N[C@H](COCc4ccccc4)c4ccccc4)N(C(O)[C@@H](NC(=O)[C@H](C)NC)C(C)(C)C)C3)cc2)C[C@H]1C(=O)N[C@H](COCc1ccccc1)c1ccccc1)C(C)(C)C. The molecular weight excluding hydrogens is 1100 g/mol. The van der Waals surface area contributed by atoms with Crippen molar-refractivity contribution >= 4 is 41.4 Å². The number of hydrogen-bond acceptors (Lipinski definition) is 13. The second-order valence-corrected chi connectivity index (χ2v) is 24.7. The Morgan fingerprint density at radius 3 is 1.44 bits per heavy atom. The molecule has 5 aromatic carbocycles. The largest absolute Gasteiger partial charge is 0.376 e. The van der Waals surface area contributed by atoms with Gasteiger partial charge in [0.25, 0.3) is 11.8 Å². The highest BCUT2D eigenvalue weighted by molar-refractivity contribution is 5.99. The average molecular weight is 1190 g/mol. The Morgan fingerprint density at radius 2 is 1.00 bits per heavy atom. The van der Waals surface area contributed by atoms with Gasteiger partial charge in [0.15, 0.2) is 0 Å². The summed E-state index contributed by atoms with van der Waals surface area (Å²) in [7, 11) is 3.29. The fourth-order valence-electron chi connectivity index (χ4n) is 10.9. The lowest BCUT2D eigenvalue weighted by atomic mass is 9.84. The van der Waals surface area contributed by atoms with Crippen LogP contribution >= 0.6 is 0 Å². The first-order chi connectivity index (χ1) is 41.5. The van der Waals surface area contributed by atoms with Gasteiger partial charge in [-0.1, -0.05) is 163 Å². The average Bonchev–Trinajstić information content (AvgIpc) is 1.97. The van der Waals surface area contributed by atoms with Gasteiger partial charge in [-0.05, 0) is 91.2 Å². The fourth-order valence-corrected chi connectivity index (χ4v) is 10.9. The number of nitrogens with zero attached hydrogens (tertiary/aromatic N) is 2. The van der Waals surface area contributed by atoms with E-state index >= 15 is 0 Å². The van der Waals surface area contributed by atoms with Crippen molar-refractivity contribution in [3.63, 3.8) is 0 Å². The van der Waals surface area contributed by atoms with E-state index in [0.29, 0.717) is 13.2 Å². The van der Waals surface area contributed by atoms with Crippen LogP contribution in [-0.4, -0.2) is 152 Å². The number of hydrogen-bond donors (Lipinski definition) is 9. The van der Waals surface area contributed by atoms with E-state index in [1.54, 1.807) is 25.9 Å².